The molecule has 1 fully saturated rings. The first-order chi connectivity index (χ1) is 11.1. The van der Waals surface area contributed by atoms with E-state index in [0.29, 0.717) is 11.4 Å². The predicted octanol–water partition coefficient (Wildman–Crippen LogP) is 2.40. The van der Waals surface area contributed by atoms with E-state index in [2.05, 4.69) is 22.9 Å². The Balaban J connectivity index is 1.94. The SMILES string of the molecule is COc1cc(-c2cc(O)cc(N3CCN(C)CC3)c2)ccc1N. The molecule has 3 N–H and O–H groups in total. The van der Waals surface area contributed by atoms with Gasteiger partial charge in [0.2, 0.25) is 0 Å². The van der Waals surface area contributed by atoms with Crippen molar-refractivity contribution >= 4 is 11.4 Å². The molecule has 3 rings (SSSR count). The van der Waals surface area contributed by atoms with E-state index < -0.39 is 0 Å². The number of hydrogen-bond acceptors (Lipinski definition) is 5. The van der Waals surface area contributed by atoms with Gasteiger partial charge in [-0.05, 0) is 42.4 Å². The zero-order valence-electron chi connectivity index (χ0n) is 13.6. The highest BCUT2D eigenvalue weighted by molar-refractivity contribution is 5.74. The highest BCUT2D eigenvalue weighted by atomic mass is 16.5. The van der Waals surface area contributed by atoms with Gasteiger partial charge < -0.3 is 25.4 Å². The topological polar surface area (TPSA) is 62.0 Å². The highest BCUT2D eigenvalue weighted by Gasteiger charge is 2.16. The quantitative estimate of drug-likeness (QED) is 0.852. The number of benzene rings is 2. The molecular formula is C18H23N3O2. The van der Waals surface area contributed by atoms with Crippen LogP contribution in [0.3, 0.4) is 0 Å². The van der Waals surface area contributed by atoms with Crippen LogP contribution in [0.1, 0.15) is 0 Å². The third-order valence-corrected chi connectivity index (χ3v) is 4.34. The monoisotopic (exact) mass is 313 g/mol. The van der Waals surface area contributed by atoms with E-state index in [4.69, 9.17) is 10.5 Å². The Morgan fingerprint density at radius 1 is 1.00 bits per heavy atom. The Labute approximate surface area is 136 Å². The maximum Gasteiger partial charge on any atom is 0.142 e. The van der Waals surface area contributed by atoms with Gasteiger partial charge in [0.05, 0.1) is 12.8 Å². The van der Waals surface area contributed by atoms with Crippen molar-refractivity contribution in [3.8, 4) is 22.6 Å². The second kappa shape index (κ2) is 6.38. The molecule has 0 aliphatic carbocycles. The number of methoxy groups -OCH3 is 1. The van der Waals surface area contributed by atoms with Gasteiger partial charge in [0.1, 0.15) is 11.5 Å². The van der Waals surface area contributed by atoms with Crippen LogP contribution in [-0.2, 0) is 0 Å². The number of phenols is 1. The molecule has 122 valence electrons. The number of hydrogen-bond donors (Lipinski definition) is 2. The first kappa shape index (κ1) is 15.5. The normalized spacial score (nSPS) is 15.7. The fourth-order valence-corrected chi connectivity index (χ4v) is 2.90. The van der Waals surface area contributed by atoms with E-state index in [-0.39, 0.29) is 5.75 Å². The molecule has 0 amide bonds. The number of piperazine rings is 1. The Morgan fingerprint density at radius 3 is 2.43 bits per heavy atom. The van der Waals surface area contributed by atoms with E-state index in [9.17, 15) is 5.11 Å². The molecule has 5 nitrogen and oxygen atoms in total. The number of likely N-dealkylation sites (N-methyl/N-ethyl adjacent to an activating group) is 1. The van der Waals surface area contributed by atoms with Crippen molar-refractivity contribution in [3.63, 3.8) is 0 Å². The molecule has 23 heavy (non-hydrogen) atoms. The fourth-order valence-electron chi connectivity index (χ4n) is 2.90. The number of nitrogen functional groups attached to an aromatic ring is 1. The summed E-state index contributed by atoms with van der Waals surface area (Å²) < 4.78 is 5.29. The standard InChI is InChI=1S/C18H23N3O2/c1-20-5-7-21(8-6-20)15-9-14(10-16(22)12-15)13-3-4-17(19)18(11-13)23-2/h3-4,9-12,22H,5-8,19H2,1-2H3. The third kappa shape index (κ3) is 3.35. The minimum atomic E-state index is 0.271. The van der Waals surface area contributed by atoms with Crippen LogP contribution in [0, 0.1) is 0 Å². The smallest absolute Gasteiger partial charge is 0.142 e. The van der Waals surface area contributed by atoms with Crippen LogP contribution in [0.25, 0.3) is 11.1 Å². The van der Waals surface area contributed by atoms with Crippen molar-refractivity contribution in [1.29, 1.82) is 0 Å². The molecule has 0 unspecified atom stereocenters. The van der Waals surface area contributed by atoms with Gasteiger partial charge in [-0.3, -0.25) is 0 Å². The van der Waals surface area contributed by atoms with E-state index in [1.165, 1.54) is 0 Å². The van der Waals surface area contributed by atoms with Crippen LogP contribution in [0.5, 0.6) is 11.5 Å². The number of ether oxygens (including phenoxy) is 1. The van der Waals surface area contributed by atoms with Crippen molar-refractivity contribution in [1.82, 2.24) is 4.90 Å². The number of nitrogens with zero attached hydrogens (tertiary/aromatic N) is 2. The van der Waals surface area contributed by atoms with Crippen LogP contribution >= 0.6 is 0 Å². The number of rotatable bonds is 3. The second-order valence-electron chi connectivity index (χ2n) is 5.99. The fraction of sp³-hybridized carbons (Fsp3) is 0.333. The molecule has 1 aliphatic rings. The average molecular weight is 313 g/mol. The average Bonchev–Trinajstić information content (AvgIpc) is 2.55. The lowest BCUT2D eigenvalue weighted by atomic mass is 10.0. The van der Waals surface area contributed by atoms with E-state index >= 15 is 0 Å². The van der Waals surface area contributed by atoms with E-state index in [1.54, 1.807) is 13.2 Å². The number of aromatic hydroxyl groups is 1. The molecule has 0 spiro atoms. The zero-order chi connectivity index (χ0) is 16.4. The van der Waals surface area contributed by atoms with Gasteiger partial charge in [0.15, 0.2) is 0 Å². The summed E-state index contributed by atoms with van der Waals surface area (Å²) in [7, 11) is 3.74. The van der Waals surface area contributed by atoms with E-state index in [0.717, 1.165) is 43.0 Å². The summed E-state index contributed by atoms with van der Waals surface area (Å²) in [6.07, 6.45) is 0. The van der Waals surface area contributed by atoms with Gasteiger partial charge in [-0.25, -0.2) is 0 Å². The molecule has 1 aliphatic heterocycles. The number of anilines is 2. The lowest BCUT2D eigenvalue weighted by Gasteiger charge is -2.34. The summed E-state index contributed by atoms with van der Waals surface area (Å²) in [6, 6.07) is 11.4. The summed E-state index contributed by atoms with van der Waals surface area (Å²) in [5, 5.41) is 10.1. The van der Waals surface area contributed by atoms with Gasteiger partial charge in [-0.2, -0.15) is 0 Å². The van der Waals surface area contributed by atoms with Crippen LogP contribution in [0.15, 0.2) is 36.4 Å². The number of phenolic OH excluding ortho intramolecular Hbond substituents is 1. The lowest BCUT2D eigenvalue weighted by Crippen LogP contribution is -2.44. The lowest BCUT2D eigenvalue weighted by molar-refractivity contribution is 0.312. The second-order valence-corrected chi connectivity index (χ2v) is 5.99. The van der Waals surface area contributed by atoms with Crippen LogP contribution in [0.4, 0.5) is 11.4 Å². The molecule has 2 aromatic rings. The highest BCUT2D eigenvalue weighted by Crippen LogP contribution is 2.33. The summed E-state index contributed by atoms with van der Waals surface area (Å²) in [6.45, 7) is 3.98. The van der Waals surface area contributed by atoms with Crippen LogP contribution in [-0.4, -0.2) is 50.3 Å². The summed E-state index contributed by atoms with van der Waals surface area (Å²) >= 11 is 0. The minimum absolute atomic E-state index is 0.271. The Hall–Kier alpha value is -2.40. The van der Waals surface area contributed by atoms with Gasteiger partial charge in [0.25, 0.3) is 0 Å². The molecule has 0 radical (unpaired) electrons. The van der Waals surface area contributed by atoms with E-state index in [1.807, 2.05) is 24.3 Å². The molecule has 1 heterocycles. The Kier molecular flexibility index (Phi) is 4.30. The zero-order valence-corrected chi connectivity index (χ0v) is 13.6. The summed E-state index contributed by atoms with van der Waals surface area (Å²) in [5.74, 6) is 0.916. The molecule has 0 atom stereocenters. The van der Waals surface area contributed by atoms with Gasteiger partial charge in [-0.1, -0.05) is 6.07 Å². The molecular weight excluding hydrogens is 290 g/mol. The third-order valence-electron chi connectivity index (χ3n) is 4.34. The van der Waals surface area contributed by atoms with Crippen molar-refractivity contribution in [2.45, 2.75) is 0 Å². The maximum absolute atomic E-state index is 10.1. The van der Waals surface area contributed by atoms with Crippen molar-refractivity contribution < 1.29 is 9.84 Å². The largest absolute Gasteiger partial charge is 0.508 e. The summed E-state index contributed by atoms with van der Waals surface area (Å²) in [5.41, 5.74) is 9.46. The number of nitrogens with two attached hydrogens (primary N) is 1. The molecule has 0 saturated carbocycles. The van der Waals surface area contributed by atoms with Gasteiger partial charge >= 0.3 is 0 Å². The van der Waals surface area contributed by atoms with Gasteiger partial charge in [0, 0.05) is 37.9 Å². The molecule has 0 bridgehead atoms. The van der Waals surface area contributed by atoms with Gasteiger partial charge in [-0.15, -0.1) is 0 Å². The predicted molar refractivity (Wildman–Crippen MR) is 94.2 cm³/mol. The van der Waals surface area contributed by atoms with Crippen molar-refractivity contribution in [2.24, 2.45) is 0 Å². The molecule has 0 aromatic heterocycles. The molecule has 2 aromatic carbocycles. The van der Waals surface area contributed by atoms with Crippen LogP contribution in [0.2, 0.25) is 0 Å². The van der Waals surface area contributed by atoms with Crippen molar-refractivity contribution in [2.75, 3.05) is 51.0 Å². The van der Waals surface area contributed by atoms with Crippen LogP contribution < -0.4 is 15.4 Å². The first-order valence-electron chi connectivity index (χ1n) is 7.78. The maximum atomic E-state index is 10.1. The minimum Gasteiger partial charge on any atom is -0.508 e. The summed E-state index contributed by atoms with van der Waals surface area (Å²) in [4.78, 5) is 4.61. The Bertz CT molecular complexity index is 695. The van der Waals surface area contributed by atoms with Crippen molar-refractivity contribution in [3.05, 3.63) is 36.4 Å². The Morgan fingerprint density at radius 2 is 1.74 bits per heavy atom. The molecule has 5 heteroatoms. The first-order valence-corrected chi connectivity index (χ1v) is 7.78. The molecule has 1 saturated heterocycles.